The summed E-state index contributed by atoms with van der Waals surface area (Å²) < 4.78 is 44.7. The van der Waals surface area contributed by atoms with Crippen molar-refractivity contribution in [2.24, 2.45) is 0 Å². The highest BCUT2D eigenvalue weighted by molar-refractivity contribution is 7.91. The Hall–Kier alpha value is -1.08. The molecular weight excluding hydrogens is 240 g/mol. The van der Waals surface area contributed by atoms with E-state index >= 15 is 0 Å². The molecule has 5 nitrogen and oxygen atoms in total. The molecule has 0 bridgehead atoms. The summed E-state index contributed by atoms with van der Waals surface area (Å²) in [5.74, 6) is -0.720. The third-order valence-corrected chi connectivity index (χ3v) is 4.02. The lowest BCUT2D eigenvalue weighted by atomic mass is 10.3. The summed E-state index contributed by atoms with van der Waals surface area (Å²) in [4.78, 5) is -0.768. The molecule has 0 amide bonds. The molecule has 0 heterocycles. The number of phenolic OH excluding ortho intramolecular Hbond substituents is 1. The fourth-order valence-corrected chi connectivity index (χ4v) is 2.74. The predicted molar refractivity (Wildman–Crippen MR) is 54.3 cm³/mol. The number of hydrogen-bond donors (Lipinski definition) is 1. The Kier molecular flexibility index (Phi) is 2.79. The van der Waals surface area contributed by atoms with Crippen LogP contribution < -0.4 is 0 Å². The van der Waals surface area contributed by atoms with Crippen LogP contribution in [0.5, 0.6) is 5.75 Å². The zero-order valence-corrected chi connectivity index (χ0v) is 9.76. The molecule has 1 aromatic rings. The minimum absolute atomic E-state index is 0.384. The van der Waals surface area contributed by atoms with Gasteiger partial charge < -0.3 is 5.11 Å². The molecule has 0 radical (unpaired) electrons. The number of hydrogen-bond acceptors (Lipinski definition) is 5. The smallest absolute Gasteiger partial charge is 0.179 e. The van der Waals surface area contributed by atoms with Gasteiger partial charge in [-0.1, -0.05) is 6.07 Å². The molecule has 0 fully saturated rings. The van der Waals surface area contributed by atoms with Crippen LogP contribution in [0, 0.1) is 0 Å². The van der Waals surface area contributed by atoms with Crippen molar-refractivity contribution in [3.63, 3.8) is 0 Å². The second-order valence-corrected chi connectivity index (χ2v) is 7.12. The first-order valence-corrected chi connectivity index (χ1v) is 7.64. The Bertz CT molecular complexity index is 533. The van der Waals surface area contributed by atoms with E-state index in [2.05, 4.69) is 0 Å². The number of rotatable bonds is 2. The Morgan fingerprint density at radius 3 is 1.53 bits per heavy atom. The van der Waals surface area contributed by atoms with Gasteiger partial charge in [0.1, 0.15) is 9.79 Å². The van der Waals surface area contributed by atoms with Crippen LogP contribution in [0.25, 0.3) is 0 Å². The number of sulfone groups is 2. The van der Waals surface area contributed by atoms with E-state index in [9.17, 15) is 21.9 Å². The van der Waals surface area contributed by atoms with Gasteiger partial charge in [0.25, 0.3) is 0 Å². The van der Waals surface area contributed by atoms with Gasteiger partial charge in [0.05, 0.1) is 0 Å². The molecule has 0 saturated heterocycles. The van der Waals surface area contributed by atoms with E-state index in [4.69, 9.17) is 0 Å². The molecule has 0 aliphatic carbocycles. The Balaban J connectivity index is 3.65. The molecule has 1 rings (SSSR count). The molecular formula is C8H10O5S2. The summed E-state index contributed by atoms with van der Waals surface area (Å²) >= 11 is 0. The highest BCUT2D eigenvalue weighted by Gasteiger charge is 2.20. The summed E-state index contributed by atoms with van der Waals surface area (Å²) in [6.07, 6.45) is 1.79. The van der Waals surface area contributed by atoms with E-state index in [-0.39, 0.29) is 9.79 Å². The van der Waals surface area contributed by atoms with Crippen LogP contribution in [0.1, 0.15) is 0 Å². The quantitative estimate of drug-likeness (QED) is 0.810. The van der Waals surface area contributed by atoms with Crippen LogP contribution in [-0.2, 0) is 19.7 Å². The topological polar surface area (TPSA) is 88.5 Å². The van der Waals surface area contributed by atoms with E-state index < -0.39 is 25.4 Å². The monoisotopic (exact) mass is 250 g/mol. The van der Waals surface area contributed by atoms with Gasteiger partial charge in [0.2, 0.25) is 0 Å². The summed E-state index contributed by atoms with van der Waals surface area (Å²) in [6.45, 7) is 0. The van der Waals surface area contributed by atoms with Crippen LogP contribution in [-0.4, -0.2) is 34.5 Å². The van der Waals surface area contributed by atoms with Crippen molar-refractivity contribution in [3.05, 3.63) is 18.2 Å². The molecule has 0 aromatic heterocycles. The highest BCUT2D eigenvalue weighted by Crippen LogP contribution is 2.29. The van der Waals surface area contributed by atoms with Gasteiger partial charge in [-0.05, 0) is 12.1 Å². The lowest BCUT2D eigenvalue weighted by Crippen LogP contribution is -2.03. The molecule has 0 atom stereocenters. The largest absolute Gasteiger partial charge is 0.505 e. The number of benzene rings is 1. The van der Waals surface area contributed by atoms with Crippen molar-refractivity contribution in [2.75, 3.05) is 12.5 Å². The summed E-state index contributed by atoms with van der Waals surface area (Å²) in [6, 6.07) is 3.57. The zero-order valence-electron chi connectivity index (χ0n) is 8.13. The third-order valence-electron chi connectivity index (χ3n) is 1.76. The van der Waals surface area contributed by atoms with Crippen molar-refractivity contribution >= 4 is 19.7 Å². The average molecular weight is 250 g/mol. The van der Waals surface area contributed by atoms with Gasteiger partial charge >= 0.3 is 0 Å². The second-order valence-electron chi connectivity index (χ2n) is 3.15. The van der Waals surface area contributed by atoms with Gasteiger partial charge in [-0.25, -0.2) is 16.8 Å². The van der Waals surface area contributed by atoms with Crippen LogP contribution in [0.4, 0.5) is 0 Å². The first-order valence-electron chi connectivity index (χ1n) is 3.86. The lowest BCUT2D eigenvalue weighted by Gasteiger charge is -2.06. The highest BCUT2D eigenvalue weighted by atomic mass is 32.2. The predicted octanol–water partition coefficient (Wildman–Crippen LogP) is 0.199. The Morgan fingerprint density at radius 1 is 0.933 bits per heavy atom. The fourth-order valence-electron chi connectivity index (χ4n) is 1.10. The van der Waals surface area contributed by atoms with Crippen molar-refractivity contribution in [3.8, 4) is 5.75 Å². The lowest BCUT2D eigenvalue weighted by molar-refractivity contribution is 0.443. The van der Waals surface area contributed by atoms with Crippen LogP contribution in [0.3, 0.4) is 0 Å². The molecule has 0 unspecified atom stereocenters. The first kappa shape index (κ1) is 12.0. The molecule has 7 heteroatoms. The van der Waals surface area contributed by atoms with E-state index in [0.29, 0.717) is 0 Å². The van der Waals surface area contributed by atoms with Crippen molar-refractivity contribution < 1.29 is 21.9 Å². The van der Waals surface area contributed by atoms with E-state index in [1.165, 1.54) is 6.07 Å². The number of para-hydroxylation sites is 1. The zero-order chi connectivity index (χ0) is 11.9. The number of phenols is 1. The van der Waals surface area contributed by atoms with Crippen LogP contribution in [0.2, 0.25) is 0 Å². The molecule has 84 valence electrons. The molecule has 0 aliphatic heterocycles. The maximum atomic E-state index is 11.2. The van der Waals surface area contributed by atoms with Crippen LogP contribution in [0.15, 0.2) is 28.0 Å². The molecule has 0 aliphatic rings. The molecule has 1 aromatic carbocycles. The second kappa shape index (κ2) is 3.49. The molecule has 1 N–H and O–H groups in total. The van der Waals surface area contributed by atoms with Gasteiger partial charge in [-0.2, -0.15) is 0 Å². The molecule has 0 spiro atoms. The molecule has 0 saturated carbocycles. The fraction of sp³-hybridized carbons (Fsp3) is 0.250. The van der Waals surface area contributed by atoms with Crippen molar-refractivity contribution in [2.45, 2.75) is 9.79 Å². The average Bonchev–Trinajstić information content (AvgIpc) is 1.99. The molecule has 15 heavy (non-hydrogen) atoms. The first-order chi connectivity index (χ1) is 6.64. The van der Waals surface area contributed by atoms with Gasteiger partial charge in [0.15, 0.2) is 25.4 Å². The maximum absolute atomic E-state index is 11.2. The van der Waals surface area contributed by atoms with E-state index in [1.807, 2.05) is 0 Å². The summed E-state index contributed by atoms with van der Waals surface area (Å²) in [7, 11) is -7.26. The Labute approximate surface area is 88.2 Å². The summed E-state index contributed by atoms with van der Waals surface area (Å²) in [5, 5.41) is 9.50. The van der Waals surface area contributed by atoms with Gasteiger partial charge in [-0.3, -0.25) is 0 Å². The number of aromatic hydroxyl groups is 1. The standard InChI is InChI=1S/C8H10O5S2/c1-14(10,11)6-4-3-5-7(8(6)9)15(2,12)13/h3-5,9H,1-2H3. The minimum Gasteiger partial charge on any atom is -0.505 e. The van der Waals surface area contributed by atoms with E-state index in [0.717, 1.165) is 24.6 Å². The van der Waals surface area contributed by atoms with Crippen molar-refractivity contribution in [1.29, 1.82) is 0 Å². The minimum atomic E-state index is -3.63. The van der Waals surface area contributed by atoms with Crippen molar-refractivity contribution in [1.82, 2.24) is 0 Å². The Morgan fingerprint density at radius 2 is 1.27 bits per heavy atom. The van der Waals surface area contributed by atoms with Crippen LogP contribution >= 0.6 is 0 Å². The van der Waals surface area contributed by atoms with E-state index in [1.54, 1.807) is 0 Å². The third kappa shape index (κ3) is 2.48. The SMILES string of the molecule is CS(=O)(=O)c1cccc(S(C)(=O)=O)c1O. The summed E-state index contributed by atoms with van der Waals surface area (Å²) in [5.41, 5.74) is 0. The normalized spacial score (nSPS) is 12.7. The van der Waals surface area contributed by atoms with Gasteiger partial charge in [-0.15, -0.1) is 0 Å². The van der Waals surface area contributed by atoms with Gasteiger partial charge in [0, 0.05) is 12.5 Å². The maximum Gasteiger partial charge on any atom is 0.179 e.